The number of carbonyl (C=O) groups is 2. The maximum atomic E-state index is 12.2. The van der Waals surface area contributed by atoms with Crippen LogP contribution in [-0.2, 0) is 22.5 Å². The Morgan fingerprint density at radius 1 is 1.18 bits per heavy atom. The highest BCUT2D eigenvalue weighted by molar-refractivity contribution is 9.10. The third kappa shape index (κ3) is 3.20. The molecule has 0 aromatic heterocycles. The first kappa shape index (κ1) is 14.8. The lowest BCUT2D eigenvalue weighted by Gasteiger charge is -2.15. The van der Waals surface area contributed by atoms with Crippen LogP contribution in [0, 0.1) is 0 Å². The van der Waals surface area contributed by atoms with Crippen LogP contribution in [0.4, 0.5) is 0 Å². The van der Waals surface area contributed by atoms with Crippen LogP contribution < -0.4 is 0 Å². The minimum absolute atomic E-state index is 0.0171. The van der Waals surface area contributed by atoms with Crippen molar-refractivity contribution in [3.8, 4) is 0 Å². The molecule has 0 aliphatic carbocycles. The Labute approximate surface area is 136 Å². The number of carbonyl (C=O) groups excluding carboxylic acids is 2. The number of hydrogen-bond donors (Lipinski definition) is 0. The molecule has 0 N–H and O–H groups in total. The second-order valence-corrected chi connectivity index (χ2v) is 6.03. The zero-order valence-corrected chi connectivity index (χ0v) is 13.4. The standard InChI is InChI=1S/C17H14BrNO3/c18-14-7-6-13-10-19(17(21)15(13)9-14)11-22-16(20)8-12-4-2-1-3-5-12/h1-7,9H,8,10-11H2. The van der Waals surface area contributed by atoms with Crippen LogP contribution in [0.5, 0.6) is 0 Å². The van der Waals surface area contributed by atoms with Gasteiger partial charge in [-0.15, -0.1) is 0 Å². The number of hydrogen-bond acceptors (Lipinski definition) is 3. The monoisotopic (exact) mass is 359 g/mol. The van der Waals surface area contributed by atoms with Crippen LogP contribution in [0.15, 0.2) is 53.0 Å². The highest BCUT2D eigenvalue weighted by atomic mass is 79.9. The number of halogens is 1. The molecule has 1 amide bonds. The van der Waals surface area contributed by atoms with E-state index in [4.69, 9.17) is 4.74 Å². The number of nitrogens with zero attached hydrogens (tertiary/aromatic N) is 1. The fourth-order valence-electron chi connectivity index (χ4n) is 2.40. The topological polar surface area (TPSA) is 46.6 Å². The fourth-order valence-corrected chi connectivity index (χ4v) is 2.76. The van der Waals surface area contributed by atoms with E-state index >= 15 is 0 Å². The summed E-state index contributed by atoms with van der Waals surface area (Å²) < 4.78 is 6.08. The molecule has 0 bridgehead atoms. The molecular formula is C17H14BrNO3. The van der Waals surface area contributed by atoms with Crippen molar-refractivity contribution in [2.24, 2.45) is 0 Å². The van der Waals surface area contributed by atoms with Crippen LogP contribution in [0.2, 0.25) is 0 Å². The van der Waals surface area contributed by atoms with Gasteiger partial charge in [-0.25, -0.2) is 0 Å². The minimum atomic E-state index is -0.337. The van der Waals surface area contributed by atoms with Gasteiger partial charge in [-0.2, -0.15) is 0 Å². The van der Waals surface area contributed by atoms with Gasteiger partial charge in [0.2, 0.25) is 0 Å². The number of amides is 1. The second kappa shape index (κ2) is 6.32. The average Bonchev–Trinajstić information content (AvgIpc) is 2.82. The van der Waals surface area contributed by atoms with Crippen LogP contribution in [-0.4, -0.2) is 23.5 Å². The molecule has 0 radical (unpaired) electrons. The van der Waals surface area contributed by atoms with Crippen molar-refractivity contribution in [2.75, 3.05) is 6.73 Å². The van der Waals surface area contributed by atoms with E-state index in [2.05, 4.69) is 15.9 Å². The van der Waals surface area contributed by atoms with E-state index in [-0.39, 0.29) is 25.0 Å². The summed E-state index contributed by atoms with van der Waals surface area (Å²) in [6.45, 7) is 0.455. The van der Waals surface area contributed by atoms with Gasteiger partial charge in [-0.3, -0.25) is 9.59 Å². The molecular weight excluding hydrogens is 346 g/mol. The predicted molar refractivity (Wildman–Crippen MR) is 85.1 cm³/mol. The molecule has 2 aromatic carbocycles. The van der Waals surface area contributed by atoms with Gasteiger partial charge in [-0.1, -0.05) is 52.3 Å². The Kier molecular flexibility index (Phi) is 4.24. The molecule has 4 nitrogen and oxygen atoms in total. The molecule has 22 heavy (non-hydrogen) atoms. The third-order valence-corrected chi connectivity index (χ3v) is 4.02. The highest BCUT2D eigenvalue weighted by Gasteiger charge is 2.28. The molecule has 0 saturated heterocycles. The Bertz CT molecular complexity index is 715. The van der Waals surface area contributed by atoms with Gasteiger partial charge in [0.1, 0.15) is 0 Å². The van der Waals surface area contributed by atoms with Crippen molar-refractivity contribution in [2.45, 2.75) is 13.0 Å². The first-order valence-corrected chi connectivity index (χ1v) is 7.70. The predicted octanol–water partition coefficient (Wildman–Crippen LogP) is 3.15. The van der Waals surface area contributed by atoms with Gasteiger partial charge < -0.3 is 9.64 Å². The number of esters is 1. The zero-order chi connectivity index (χ0) is 15.5. The summed E-state index contributed by atoms with van der Waals surface area (Å²) in [7, 11) is 0. The van der Waals surface area contributed by atoms with E-state index in [1.807, 2.05) is 42.5 Å². The zero-order valence-electron chi connectivity index (χ0n) is 11.8. The SMILES string of the molecule is O=C(Cc1ccccc1)OCN1Cc2ccc(Br)cc2C1=O. The summed E-state index contributed by atoms with van der Waals surface area (Å²) in [5, 5.41) is 0. The average molecular weight is 360 g/mol. The fraction of sp³-hybridized carbons (Fsp3) is 0.176. The van der Waals surface area contributed by atoms with E-state index in [0.717, 1.165) is 15.6 Å². The number of rotatable bonds is 4. The van der Waals surface area contributed by atoms with Gasteiger partial charge >= 0.3 is 5.97 Å². The van der Waals surface area contributed by atoms with Crippen LogP contribution in [0.3, 0.4) is 0 Å². The molecule has 0 atom stereocenters. The Hall–Kier alpha value is -2.14. The number of benzene rings is 2. The summed E-state index contributed by atoms with van der Waals surface area (Å²) in [4.78, 5) is 25.6. The molecule has 112 valence electrons. The summed E-state index contributed by atoms with van der Waals surface area (Å²) in [6.07, 6.45) is 0.210. The normalized spacial score (nSPS) is 13.1. The lowest BCUT2D eigenvalue weighted by molar-refractivity contribution is -0.146. The van der Waals surface area contributed by atoms with E-state index in [0.29, 0.717) is 12.1 Å². The van der Waals surface area contributed by atoms with E-state index < -0.39 is 0 Å². The molecule has 2 aromatic rings. The Morgan fingerprint density at radius 2 is 1.95 bits per heavy atom. The smallest absolute Gasteiger partial charge is 0.311 e. The van der Waals surface area contributed by atoms with Crippen molar-refractivity contribution in [1.82, 2.24) is 4.90 Å². The number of ether oxygens (including phenoxy) is 1. The van der Waals surface area contributed by atoms with Gasteiger partial charge in [0.25, 0.3) is 5.91 Å². The molecule has 3 rings (SSSR count). The van der Waals surface area contributed by atoms with Gasteiger partial charge in [0, 0.05) is 10.0 Å². The van der Waals surface area contributed by atoms with Crippen molar-refractivity contribution >= 4 is 27.8 Å². The molecule has 1 aliphatic heterocycles. The second-order valence-electron chi connectivity index (χ2n) is 5.11. The van der Waals surface area contributed by atoms with E-state index in [1.54, 1.807) is 6.07 Å². The summed E-state index contributed by atoms with van der Waals surface area (Å²) in [5.41, 5.74) is 2.51. The summed E-state index contributed by atoms with van der Waals surface area (Å²) in [5.74, 6) is -0.444. The van der Waals surface area contributed by atoms with Crippen LogP contribution in [0.25, 0.3) is 0 Å². The van der Waals surface area contributed by atoms with Gasteiger partial charge in [0.05, 0.1) is 13.0 Å². The molecule has 0 saturated carbocycles. The molecule has 0 unspecified atom stereocenters. The summed E-state index contributed by atoms with van der Waals surface area (Å²) in [6, 6.07) is 15.0. The lowest BCUT2D eigenvalue weighted by atomic mass is 10.1. The van der Waals surface area contributed by atoms with E-state index in [9.17, 15) is 9.59 Å². The van der Waals surface area contributed by atoms with Crippen molar-refractivity contribution in [1.29, 1.82) is 0 Å². The van der Waals surface area contributed by atoms with Gasteiger partial charge in [0.15, 0.2) is 6.73 Å². The largest absolute Gasteiger partial charge is 0.444 e. The maximum absolute atomic E-state index is 12.2. The first-order valence-electron chi connectivity index (χ1n) is 6.91. The first-order chi connectivity index (χ1) is 10.6. The molecule has 5 heteroatoms. The molecule has 1 heterocycles. The highest BCUT2D eigenvalue weighted by Crippen LogP contribution is 2.25. The Morgan fingerprint density at radius 3 is 2.73 bits per heavy atom. The quantitative estimate of drug-likeness (QED) is 0.787. The minimum Gasteiger partial charge on any atom is -0.444 e. The molecule has 0 spiro atoms. The lowest BCUT2D eigenvalue weighted by Crippen LogP contribution is -2.28. The van der Waals surface area contributed by atoms with Crippen molar-refractivity contribution in [3.05, 3.63) is 69.7 Å². The van der Waals surface area contributed by atoms with Crippen molar-refractivity contribution < 1.29 is 14.3 Å². The molecule has 1 aliphatic rings. The maximum Gasteiger partial charge on any atom is 0.311 e. The van der Waals surface area contributed by atoms with E-state index in [1.165, 1.54) is 4.90 Å². The third-order valence-electron chi connectivity index (χ3n) is 3.52. The van der Waals surface area contributed by atoms with Crippen LogP contribution >= 0.6 is 15.9 Å². The molecule has 0 fully saturated rings. The Balaban J connectivity index is 1.57. The summed E-state index contributed by atoms with van der Waals surface area (Å²) >= 11 is 3.36. The number of fused-ring (bicyclic) bond motifs is 1. The van der Waals surface area contributed by atoms with Gasteiger partial charge in [-0.05, 0) is 23.3 Å². The van der Waals surface area contributed by atoms with Crippen molar-refractivity contribution in [3.63, 3.8) is 0 Å². The van der Waals surface area contributed by atoms with Crippen LogP contribution in [0.1, 0.15) is 21.5 Å².